The Morgan fingerprint density at radius 3 is 2.83 bits per heavy atom. The SMILES string of the molecule is CNC(=O)C1CCCN1C(=O)CNC(=O)c1c(-c2c(F)cccc2Cl)noc1C. The maximum Gasteiger partial charge on any atom is 0.257 e. The highest BCUT2D eigenvalue weighted by Gasteiger charge is 2.34. The number of aryl methyl sites for hydroxylation is 1. The Bertz CT molecular complexity index is 941. The molecule has 154 valence electrons. The second-order valence-electron chi connectivity index (χ2n) is 6.60. The highest BCUT2D eigenvalue weighted by atomic mass is 35.5. The van der Waals surface area contributed by atoms with E-state index < -0.39 is 17.8 Å². The number of carbonyl (C=O) groups is 3. The van der Waals surface area contributed by atoms with E-state index in [0.29, 0.717) is 19.4 Å². The molecule has 2 aromatic rings. The summed E-state index contributed by atoms with van der Waals surface area (Å²) >= 11 is 6.07. The Balaban J connectivity index is 1.76. The number of likely N-dealkylation sites (tertiary alicyclic amines) is 1. The van der Waals surface area contributed by atoms with Crippen LogP contribution in [-0.2, 0) is 9.59 Å². The normalized spacial score (nSPS) is 16.0. The molecule has 0 aliphatic carbocycles. The summed E-state index contributed by atoms with van der Waals surface area (Å²) in [7, 11) is 1.51. The fourth-order valence-electron chi connectivity index (χ4n) is 3.38. The molecule has 1 aromatic heterocycles. The average molecular weight is 423 g/mol. The van der Waals surface area contributed by atoms with Crippen LogP contribution in [0.3, 0.4) is 0 Å². The summed E-state index contributed by atoms with van der Waals surface area (Å²) in [5, 5.41) is 8.88. The molecule has 0 radical (unpaired) electrons. The highest BCUT2D eigenvalue weighted by Crippen LogP contribution is 2.33. The van der Waals surface area contributed by atoms with E-state index >= 15 is 0 Å². The molecule has 2 heterocycles. The Kier molecular flexibility index (Phi) is 6.17. The third kappa shape index (κ3) is 4.09. The summed E-state index contributed by atoms with van der Waals surface area (Å²) in [6.07, 6.45) is 1.28. The van der Waals surface area contributed by atoms with E-state index in [1.165, 1.54) is 37.1 Å². The number of benzene rings is 1. The standard InChI is InChI=1S/C19H20ClFN4O4/c1-10-15(17(24-29-10)16-11(20)5-3-6-12(16)21)19(28)23-9-14(26)25-8-4-7-13(25)18(27)22-2/h3,5-6,13H,4,7-9H2,1-2H3,(H,22,27)(H,23,28). The van der Waals surface area contributed by atoms with E-state index in [1.54, 1.807) is 0 Å². The molecule has 3 rings (SSSR count). The van der Waals surface area contributed by atoms with Crippen molar-refractivity contribution < 1.29 is 23.3 Å². The lowest BCUT2D eigenvalue weighted by atomic mass is 10.0. The fourth-order valence-corrected chi connectivity index (χ4v) is 3.64. The van der Waals surface area contributed by atoms with Crippen LogP contribution in [0.25, 0.3) is 11.3 Å². The molecule has 0 saturated carbocycles. The predicted molar refractivity (Wildman–Crippen MR) is 103 cm³/mol. The van der Waals surface area contributed by atoms with Crippen molar-refractivity contribution in [2.75, 3.05) is 20.1 Å². The Hall–Kier alpha value is -2.94. The van der Waals surface area contributed by atoms with E-state index in [-0.39, 0.29) is 46.0 Å². The predicted octanol–water partition coefficient (Wildman–Crippen LogP) is 1.91. The molecular weight excluding hydrogens is 403 g/mol. The van der Waals surface area contributed by atoms with Gasteiger partial charge in [0.25, 0.3) is 5.91 Å². The van der Waals surface area contributed by atoms with Gasteiger partial charge in [-0.3, -0.25) is 14.4 Å². The molecule has 8 nitrogen and oxygen atoms in total. The van der Waals surface area contributed by atoms with Crippen LogP contribution in [0.15, 0.2) is 22.7 Å². The molecule has 0 bridgehead atoms. The van der Waals surface area contributed by atoms with Gasteiger partial charge >= 0.3 is 0 Å². The third-order valence-electron chi connectivity index (χ3n) is 4.81. The van der Waals surface area contributed by atoms with Crippen molar-refractivity contribution in [2.24, 2.45) is 0 Å². The molecular formula is C19H20ClFN4O4. The van der Waals surface area contributed by atoms with E-state index in [2.05, 4.69) is 15.8 Å². The number of hydrogen-bond donors (Lipinski definition) is 2. The van der Waals surface area contributed by atoms with E-state index in [4.69, 9.17) is 16.1 Å². The molecule has 0 spiro atoms. The van der Waals surface area contributed by atoms with Crippen LogP contribution >= 0.6 is 11.6 Å². The number of nitrogens with one attached hydrogen (secondary N) is 2. The second-order valence-corrected chi connectivity index (χ2v) is 7.01. The Morgan fingerprint density at radius 1 is 1.38 bits per heavy atom. The number of halogens is 2. The zero-order valence-electron chi connectivity index (χ0n) is 15.9. The Morgan fingerprint density at radius 2 is 2.14 bits per heavy atom. The van der Waals surface area contributed by atoms with E-state index in [0.717, 1.165) is 0 Å². The molecule has 1 aliphatic heterocycles. The van der Waals surface area contributed by atoms with Crippen LogP contribution in [-0.4, -0.2) is 54.0 Å². The molecule has 1 atom stereocenters. The molecule has 1 fully saturated rings. The van der Waals surface area contributed by atoms with Gasteiger partial charge in [-0.25, -0.2) is 4.39 Å². The summed E-state index contributed by atoms with van der Waals surface area (Å²) in [5.74, 6) is -1.77. The number of carbonyl (C=O) groups excluding carboxylic acids is 3. The van der Waals surface area contributed by atoms with Crippen molar-refractivity contribution in [3.05, 3.63) is 40.4 Å². The molecule has 1 aromatic carbocycles. The van der Waals surface area contributed by atoms with Crippen molar-refractivity contribution >= 4 is 29.3 Å². The van der Waals surface area contributed by atoms with Crippen molar-refractivity contribution in [2.45, 2.75) is 25.8 Å². The summed E-state index contributed by atoms with van der Waals surface area (Å²) < 4.78 is 19.3. The first-order valence-corrected chi connectivity index (χ1v) is 9.42. The van der Waals surface area contributed by atoms with Gasteiger partial charge in [0.2, 0.25) is 11.8 Å². The zero-order chi connectivity index (χ0) is 21.1. The second kappa shape index (κ2) is 8.60. The molecule has 1 aliphatic rings. The van der Waals surface area contributed by atoms with Crippen molar-refractivity contribution in [1.82, 2.24) is 20.7 Å². The van der Waals surface area contributed by atoms with Crippen LogP contribution < -0.4 is 10.6 Å². The van der Waals surface area contributed by atoms with Crippen LogP contribution in [0.4, 0.5) is 4.39 Å². The number of amides is 3. The number of rotatable bonds is 5. The van der Waals surface area contributed by atoms with Gasteiger partial charge in [0.05, 0.1) is 17.1 Å². The maximum atomic E-state index is 14.3. The van der Waals surface area contributed by atoms with Crippen molar-refractivity contribution in [1.29, 1.82) is 0 Å². The maximum absolute atomic E-state index is 14.3. The quantitative estimate of drug-likeness (QED) is 0.765. The van der Waals surface area contributed by atoms with Gasteiger partial charge in [0.15, 0.2) is 0 Å². The van der Waals surface area contributed by atoms with Gasteiger partial charge in [-0.1, -0.05) is 22.8 Å². The fraction of sp³-hybridized carbons (Fsp3) is 0.368. The Labute approximate surface area is 171 Å². The van der Waals surface area contributed by atoms with Gasteiger partial charge in [-0.15, -0.1) is 0 Å². The first kappa shape index (κ1) is 20.8. The zero-order valence-corrected chi connectivity index (χ0v) is 16.7. The number of aromatic nitrogens is 1. The van der Waals surface area contributed by atoms with Crippen LogP contribution in [0.1, 0.15) is 29.0 Å². The smallest absolute Gasteiger partial charge is 0.257 e. The highest BCUT2D eigenvalue weighted by molar-refractivity contribution is 6.33. The van der Waals surface area contributed by atoms with Gasteiger partial charge in [-0.2, -0.15) is 0 Å². The first-order valence-electron chi connectivity index (χ1n) is 9.05. The molecule has 3 amide bonds. The van der Waals surface area contributed by atoms with E-state index in [9.17, 15) is 18.8 Å². The van der Waals surface area contributed by atoms with Gasteiger partial charge in [0.1, 0.15) is 28.9 Å². The minimum absolute atomic E-state index is 0.00549. The molecule has 2 N–H and O–H groups in total. The van der Waals surface area contributed by atoms with Crippen molar-refractivity contribution in [3.8, 4) is 11.3 Å². The number of likely N-dealkylation sites (N-methyl/N-ethyl adjacent to an activating group) is 1. The van der Waals surface area contributed by atoms with Crippen LogP contribution in [0.5, 0.6) is 0 Å². The first-order chi connectivity index (χ1) is 13.8. The summed E-state index contributed by atoms with van der Waals surface area (Å²) in [6.45, 7) is 1.63. The minimum Gasteiger partial charge on any atom is -0.360 e. The lowest BCUT2D eigenvalue weighted by Gasteiger charge is -2.23. The summed E-state index contributed by atoms with van der Waals surface area (Å²) in [5.41, 5.74) is -0.101. The minimum atomic E-state index is -0.651. The van der Waals surface area contributed by atoms with Crippen LogP contribution in [0.2, 0.25) is 5.02 Å². The molecule has 1 saturated heterocycles. The van der Waals surface area contributed by atoms with Gasteiger partial charge in [0, 0.05) is 13.6 Å². The van der Waals surface area contributed by atoms with Gasteiger partial charge < -0.3 is 20.1 Å². The largest absolute Gasteiger partial charge is 0.360 e. The summed E-state index contributed by atoms with van der Waals surface area (Å²) in [6, 6.07) is 3.56. The van der Waals surface area contributed by atoms with E-state index in [1.807, 2.05) is 0 Å². The number of nitrogens with zero attached hydrogens (tertiary/aromatic N) is 2. The lowest BCUT2D eigenvalue weighted by molar-refractivity contribution is -0.137. The topological polar surface area (TPSA) is 105 Å². The molecule has 10 heteroatoms. The summed E-state index contributed by atoms with van der Waals surface area (Å²) in [4.78, 5) is 38.6. The lowest BCUT2D eigenvalue weighted by Crippen LogP contribution is -2.48. The van der Waals surface area contributed by atoms with Crippen molar-refractivity contribution in [3.63, 3.8) is 0 Å². The average Bonchev–Trinajstić information content (AvgIpc) is 3.32. The van der Waals surface area contributed by atoms with Crippen LogP contribution in [0, 0.1) is 12.7 Å². The third-order valence-corrected chi connectivity index (χ3v) is 5.13. The number of hydrogen-bond acceptors (Lipinski definition) is 5. The monoisotopic (exact) mass is 422 g/mol. The molecule has 29 heavy (non-hydrogen) atoms. The van der Waals surface area contributed by atoms with Gasteiger partial charge in [-0.05, 0) is 31.9 Å². The molecule has 1 unspecified atom stereocenters.